The van der Waals surface area contributed by atoms with Crippen molar-refractivity contribution in [2.45, 2.75) is 76.3 Å². The van der Waals surface area contributed by atoms with Crippen molar-refractivity contribution in [3.05, 3.63) is 48.1 Å². The number of fused-ring (bicyclic) bond motifs is 1. The van der Waals surface area contributed by atoms with Gasteiger partial charge in [-0.3, -0.25) is 24.5 Å². The van der Waals surface area contributed by atoms with E-state index in [2.05, 4.69) is 31.2 Å². The Bertz CT molecular complexity index is 1440. The summed E-state index contributed by atoms with van der Waals surface area (Å²) in [7, 11) is 0. The molecule has 0 unspecified atom stereocenters. The molecular weight excluding hydrogens is 570 g/mol. The van der Waals surface area contributed by atoms with Gasteiger partial charge in [0.1, 0.15) is 0 Å². The Morgan fingerprint density at radius 1 is 0.956 bits per heavy atom. The zero-order valence-electron chi connectivity index (χ0n) is 26.1. The van der Waals surface area contributed by atoms with Crippen molar-refractivity contribution in [3.8, 4) is 0 Å². The Morgan fingerprint density at radius 2 is 1.71 bits per heavy atom. The summed E-state index contributed by atoms with van der Waals surface area (Å²) in [4.78, 5) is 42.9. The average molecular weight is 618 g/mol. The molecule has 1 saturated carbocycles. The molecule has 0 spiro atoms. The fourth-order valence-electron chi connectivity index (χ4n) is 7.33. The third-order valence-corrected chi connectivity index (χ3v) is 10.00. The van der Waals surface area contributed by atoms with Gasteiger partial charge >= 0.3 is 6.03 Å². The summed E-state index contributed by atoms with van der Waals surface area (Å²) in [5, 5.41) is 11.2. The maximum atomic E-state index is 12.5. The first-order valence-corrected chi connectivity index (χ1v) is 16.6. The van der Waals surface area contributed by atoms with Crippen LogP contribution < -0.4 is 27.0 Å². The number of allylic oxidation sites excluding steroid dienone is 2. The molecule has 4 heterocycles. The van der Waals surface area contributed by atoms with E-state index in [4.69, 9.17) is 16.6 Å². The highest BCUT2D eigenvalue weighted by Gasteiger charge is 2.29. The number of carbonyl (C=O) groups excluding carboxylic acids is 3. The minimum absolute atomic E-state index is 0.204. The van der Waals surface area contributed by atoms with Gasteiger partial charge in [-0.2, -0.15) is 5.10 Å². The number of piperidine rings is 2. The van der Waals surface area contributed by atoms with Gasteiger partial charge < -0.3 is 26.6 Å². The Kier molecular flexibility index (Phi) is 9.58. The van der Waals surface area contributed by atoms with E-state index in [1.807, 2.05) is 18.3 Å². The summed E-state index contributed by atoms with van der Waals surface area (Å²) in [5.41, 5.74) is 14.4. The molecule has 1 aliphatic carbocycles. The molecule has 2 aromatic rings. The van der Waals surface area contributed by atoms with E-state index < -0.39 is 0 Å². The summed E-state index contributed by atoms with van der Waals surface area (Å²) in [6, 6.07) is 6.11. The molecule has 4 aliphatic rings. The van der Waals surface area contributed by atoms with E-state index in [-0.39, 0.29) is 29.6 Å². The quantitative estimate of drug-likeness (QED) is 0.260. The van der Waals surface area contributed by atoms with Gasteiger partial charge in [-0.25, -0.2) is 4.79 Å². The number of aromatic nitrogens is 2. The second-order valence-corrected chi connectivity index (χ2v) is 13.0. The molecule has 1 aromatic heterocycles. The van der Waals surface area contributed by atoms with E-state index in [0.717, 1.165) is 101 Å². The number of nitrogens with zero attached hydrogens (tertiary/aromatic N) is 5. The number of urea groups is 1. The number of amides is 4. The number of carbonyl (C=O) groups is 3. The van der Waals surface area contributed by atoms with E-state index in [1.165, 1.54) is 6.42 Å². The largest absolute Gasteiger partial charge is 0.394 e. The lowest BCUT2D eigenvalue weighted by molar-refractivity contribution is -0.120. The monoisotopic (exact) mass is 617 g/mol. The van der Waals surface area contributed by atoms with Gasteiger partial charge in [-0.15, -0.1) is 0 Å². The molecule has 3 aliphatic heterocycles. The number of nitrogens with one attached hydrogen (secondary N) is 2. The zero-order valence-corrected chi connectivity index (χ0v) is 26.1. The van der Waals surface area contributed by atoms with Crippen LogP contribution in [-0.2, 0) is 9.59 Å². The van der Waals surface area contributed by atoms with Gasteiger partial charge in [0, 0.05) is 57.1 Å². The Hall–Kier alpha value is -4.06. The van der Waals surface area contributed by atoms with Crippen molar-refractivity contribution in [1.29, 1.82) is 0 Å². The van der Waals surface area contributed by atoms with Gasteiger partial charge in [0.15, 0.2) is 0 Å². The first-order valence-electron chi connectivity index (χ1n) is 16.6. The second-order valence-electron chi connectivity index (χ2n) is 13.0. The number of anilines is 1. The highest BCUT2D eigenvalue weighted by molar-refractivity contribution is 6.09. The molecule has 6 rings (SSSR count). The van der Waals surface area contributed by atoms with Crippen LogP contribution in [0.3, 0.4) is 0 Å². The highest BCUT2D eigenvalue weighted by Crippen LogP contribution is 2.33. The zero-order chi connectivity index (χ0) is 31.3. The first kappa shape index (κ1) is 30.9. The summed E-state index contributed by atoms with van der Waals surface area (Å²) < 4.78 is 2.12. The minimum atomic E-state index is -0.375. The third-order valence-electron chi connectivity index (χ3n) is 10.00. The summed E-state index contributed by atoms with van der Waals surface area (Å²) in [5.74, 6) is 0.849. The van der Waals surface area contributed by atoms with Crippen molar-refractivity contribution in [2.75, 3.05) is 44.2 Å². The average Bonchev–Trinajstić information content (AvgIpc) is 3.49. The van der Waals surface area contributed by atoms with Gasteiger partial charge in [0.2, 0.25) is 5.91 Å². The van der Waals surface area contributed by atoms with Crippen molar-refractivity contribution >= 4 is 34.4 Å². The molecule has 3 saturated heterocycles. The SMILES string of the molecule is N/C(=C\C=C(/N)N1CCC(CN2CCC(n3ncc4c(N5CCC(=O)NC5=O)cccc43)CC2)CC1)C(=O)NC1CCCCC1. The number of nitrogens with two attached hydrogens (primary N) is 2. The minimum Gasteiger partial charge on any atom is -0.394 e. The lowest BCUT2D eigenvalue weighted by atomic mass is 9.94. The standard InChI is InChI=1S/C33H47N9O3/c34-27(32(44)37-24-5-2-1-3-6-24)9-10-30(35)40-18-11-23(12-19-40)22-39-16-13-25(14-17-39)42-29-8-4-7-28(26(29)21-36-42)41-20-15-31(43)38-33(41)45/h4,7-10,21,23-25H,1-3,5-6,11-20,22,34-35H2,(H,37,44)(H,38,43,45)/b27-9-,30-10+. The Labute approximate surface area is 264 Å². The van der Waals surface area contributed by atoms with Crippen molar-refractivity contribution in [1.82, 2.24) is 30.2 Å². The summed E-state index contributed by atoms with van der Waals surface area (Å²) in [6.45, 7) is 5.31. The smallest absolute Gasteiger partial charge is 0.328 e. The predicted molar refractivity (Wildman–Crippen MR) is 174 cm³/mol. The van der Waals surface area contributed by atoms with E-state index in [0.29, 0.717) is 30.7 Å². The maximum Gasteiger partial charge on any atom is 0.328 e. The molecule has 242 valence electrons. The fraction of sp³-hybridized carbons (Fsp3) is 0.576. The first-order chi connectivity index (χ1) is 21.9. The van der Waals surface area contributed by atoms with Crippen LogP contribution in [0.4, 0.5) is 10.5 Å². The maximum absolute atomic E-state index is 12.5. The number of hydrogen-bond donors (Lipinski definition) is 4. The van der Waals surface area contributed by atoms with Crippen LogP contribution in [0.15, 0.2) is 48.1 Å². The lowest BCUT2D eigenvalue weighted by Gasteiger charge is -2.38. The third kappa shape index (κ3) is 7.27. The molecule has 12 heteroatoms. The highest BCUT2D eigenvalue weighted by atomic mass is 16.2. The molecule has 0 radical (unpaired) electrons. The van der Waals surface area contributed by atoms with Crippen molar-refractivity contribution < 1.29 is 14.4 Å². The topological polar surface area (TPSA) is 155 Å². The van der Waals surface area contributed by atoms with Crippen LogP contribution >= 0.6 is 0 Å². The molecule has 0 atom stereocenters. The molecule has 6 N–H and O–H groups in total. The van der Waals surface area contributed by atoms with Crippen LogP contribution in [0.5, 0.6) is 0 Å². The van der Waals surface area contributed by atoms with Crippen molar-refractivity contribution in [2.24, 2.45) is 17.4 Å². The summed E-state index contributed by atoms with van der Waals surface area (Å²) in [6.07, 6.45) is 15.4. The second kappa shape index (κ2) is 13.9. The molecule has 45 heavy (non-hydrogen) atoms. The Balaban J connectivity index is 0.963. The van der Waals surface area contributed by atoms with Crippen LogP contribution in [-0.4, -0.2) is 82.7 Å². The number of benzene rings is 1. The van der Waals surface area contributed by atoms with Crippen molar-refractivity contribution in [3.63, 3.8) is 0 Å². The van der Waals surface area contributed by atoms with Crippen LogP contribution in [0, 0.1) is 5.92 Å². The normalized spacial score (nSPS) is 22.2. The van der Waals surface area contributed by atoms with Crippen LogP contribution in [0.1, 0.15) is 70.3 Å². The van der Waals surface area contributed by atoms with Gasteiger partial charge in [-0.1, -0.05) is 25.3 Å². The molecule has 4 fully saturated rings. The molecule has 1 aromatic carbocycles. The van der Waals surface area contributed by atoms with E-state index >= 15 is 0 Å². The Morgan fingerprint density at radius 3 is 2.44 bits per heavy atom. The predicted octanol–water partition coefficient (Wildman–Crippen LogP) is 2.92. The number of likely N-dealkylation sites (tertiary alicyclic amines) is 2. The number of rotatable bonds is 8. The van der Waals surface area contributed by atoms with Gasteiger partial charge in [-0.05, 0) is 68.7 Å². The molecule has 4 amide bonds. The molecule has 12 nitrogen and oxygen atoms in total. The summed E-state index contributed by atoms with van der Waals surface area (Å²) >= 11 is 0. The molecule has 0 bridgehead atoms. The van der Waals surface area contributed by atoms with E-state index in [9.17, 15) is 14.4 Å². The fourth-order valence-corrected chi connectivity index (χ4v) is 7.33. The van der Waals surface area contributed by atoms with Crippen LogP contribution in [0.2, 0.25) is 0 Å². The van der Waals surface area contributed by atoms with E-state index in [1.54, 1.807) is 17.1 Å². The van der Waals surface area contributed by atoms with Gasteiger partial charge in [0.25, 0.3) is 5.91 Å². The molecular formula is C33H47N9O3. The number of hydrogen-bond acceptors (Lipinski definition) is 8. The van der Waals surface area contributed by atoms with Crippen LogP contribution in [0.25, 0.3) is 10.9 Å². The number of imide groups is 1. The lowest BCUT2D eigenvalue weighted by Crippen LogP contribution is -2.49. The van der Waals surface area contributed by atoms with Gasteiger partial charge in [0.05, 0.1) is 35.0 Å².